The van der Waals surface area contributed by atoms with Crippen LogP contribution in [0.2, 0.25) is 0 Å². The van der Waals surface area contributed by atoms with E-state index in [1.807, 2.05) is 20.8 Å². The van der Waals surface area contributed by atoms with Crippen LogP contribution in [0.1, 0.15) is 33.6 Å². The molecule has 96 valence electrons. The second-order valence-corrected chi connectivity index (χ2v) is 5.16. The average molecular weight is 240 g/mol. The van der Waals surface area contributed by atoms with Gasteiger partial charge in [-0.05, 0) is 33.8 Å². The van der Waals surface area contributed by atoms with Gasteiger partial charge in [0.1, 0.15) is 11.6 Å². The molecule has 1 saturated heterocycles. The molecule has 0 radical (unpaired) electrons. The first-order chi connectivity index (χ1) is 7.70. The Kier molecular flexibility index (Phi) is 3.80. The third-order valence-electron chi connectivity index (χ3n) is 2.41. The van der Waals surface area contributed by atoms with Crippen LogP contribution in [-0.2, 0) is 14.3 Å². The summed E-state index contributed by atoms with van der Waals surface area (Å²) >= 11 is 0. The summed E-state index contributed by atoms with van der Waals surface area (Å²) in [6, 6.07) is -0.424. The van der Waals surface area contributed by atoms with Crippen molar-refractivity contribution < 1.29 is 14.3 Å². The average Bonchev–Trinajstić information content (AvgIpc) is 2.16. The zero-order valence-corrected chi connectivity index (χ0v) is 10.9. The summed E-state index contributed by atoms with van der Waals surface area (Å²) < 4.78 is 5.49. The van der Waals surface area contributed by atoms with Crippen molar-refractivity contribution in [2.45, 2.75) is 45.3 Å². The molecule has 1 aliphatic rings. The van der Waals surface area contributed by atoms with Crippen molar-refractivity contribution in [1.82, 2.24) is 10.2 Å². The monoisotopic (exact) mass is 240 g/mol. The Morgan fingerprint density at radius 2 is 2.06 bits per heavy atom. The second kappa shape index (κ2) is 4.77. The molecule has 1 heterocycles. The Morgan fingerprint density at radius 1 is 1.47 bits per heavy atom. The number of nitrogens with zero attached hydrogens (tertiary/aromatic N) is 1. The van der Waals surface area contributed by atoms with Crippen LogP contribution in [0.15, 0.2) is 12.5 Å². The van der Waals surface area contributed by atoms with E-state index < -0.39 is 6.04 Å². The van der Waals surface area contributed by atoms with Gasteiger partial charge in [-0.15, -0.1) is 0 Å². The molecule has 0 aliphatic carbocycles. The van der Waals surface area contributed by atoms with Crippen molar-refractivity contribution in [2.24, 2.45) is 0 Å². The molecule has 1 unspecified atom stereocenters. The summed E-state index contributed by atoms with van der Waals surface area (Å²) in [5, 5.41) is 2.92. The fourth-order valence-corrected chi connectivity index (χ4v) is 1.64. The van der Waals surface area contributed by atoms with Crippen molar-refractivity contribution in [3.05, 3.63) is 12.5 Å². The molecule has 0 aromatic heterocycles. The van der Waals surface area contributed by atoms with Gasteiger partial charge in [-0.3, -0.25) is 14.5 Å². The van der Waals surface area contributed by atoms with E-state index in [1.54, 1.807) is 0 Å². The fourth-order valence-electron chi connectivity index (χ4n) is 1.64. The van der Waals surface area contributed by atoms with Gasteiger partial charge in [0.15, 0.2) is 5.88 Å². The zero-order chi connectivity index (χ0) is 13.2. The molecule has 1 aliphatic heterocycles. The maximum Gasteiger partial charge on any atom is 0.251 e. The Bertz CT molecular complexity index is 344. The van der Waals surface area contributed by atoms with Gasteiger partial charge in [-0.2, -0.15) is 0 Å². The number of rotatable bonds is 3. The van der Waals surface area contributed by atoms with E-state index in [4.69, 9.17) is 4.74 Å². The largest absolute Gasteiger partial charge is 0.474 e. The number of carbonyl (C=O) groups is 2. The molecule has 0 aromatic carbocycles. The van der Waals surface area contributed by atoms with Crippen LogP contribution in [0, 0.1) is 0 Å². The lowest BCUT2D eigenvalue weighted by atomic mass is 10.1. The molecule has 1 rings (SSSR count). The minimum absolute atomic E-state index is 0.143. The summed E-state index contributed by atoms with van der Waals surface area (Å²) in [4.78, 5) is 24.2. The predicted molar refractivity (Wildman–Crippen MR) is 63.9 cm³/mol. The van der Waals surface area contributed by atoms with Crippen molar-refractivity contribution in [3.63, 3.8) is 0 Å². The Hall–Kier alpha value is -1.52. The van der Waals surface area contributed by atoms with Crippen LogP contribution in [-0.4, -0.2) is 35.4 Å². The van der Waals surface area contributed by atoms with Crippen LogP contribution >= 0.6 is 0 Å². The van der Waals surface area contributed by atoms with Crippen LogP contribution < -0.4 is 5.32 Å². The highest BCUT2D eigenvalue weighted by Crippen LogP contribution is 2.15. The summed E-state index contributed by atoms with van der Waals surface area (Å²) in [6.07, 6.45) is 0.844. The fraction of sp³-hybridized carbons (Fsp3) is 0.667. The maximum atomic E-state index is 11.8. The molecule has 0 aromatic rings. The van der Waals surface area contributed by atoms with Crippen LogP contribution in [0.5, 0.6) is 0 Å². The van der Waals surface area contributed by atoms with Gasteiger partial charge in [0.25, 0.3) is 5.91 Å². The molecule has 0 saturated carbocycles. The van der Waals surface area contributed by atoms with Crippen LogP contribution in [0.25, 0.3) is 0 Å². The van der Waals surface area contributed by atoms with E-state index in [-0.39, 0.29) is 17.4 Å². The highest BCUT2D eigenvalue weighted by atomic mass is 16.5. The number of hydrogen-bond donors (Lipinski definition) is 1. The van der Waals surface area contributed by atoms with Crippen molar-refractivity contribution in [3.8, 4) is 0 Å². The molecule has 1 fully saturated rings. The summed E-state index contributed by atoms with van der Waals surface area (Å²) in [6.45, 7) is 9.43. The smallest absolute Gasteiger partial charge is 0.251 e. The molecule has 1 atom stereocenters. The van der Waals surface area contributed by atoms with E-state index in [0.29, 0.717) is 18.7 Å². The molecule has 1 N–H and O–H groups in total. The summed E-state index contributed by atoms with van der Waals surface area (Å²) in [5.74, 6) is -0.0195. The summed E-state index contributed by atoms with van der Waals surface area (Å²) in [5.41, 5.74) is -0.358. The topological polar surface area (TPSA) is 58.6 Å². The van der Waals surface area contributed by atoms with Gasteiger partial charge in [0.05, 0.1) is 0 Å². The number of nitrogens with one attached hydrogen (secondary N) is 1. The highest BCUT2D eigenvalue weighted by molar-refractivity contribution is 6.00. The number of piperidine rings is 1. The third-order valence-corrected chi connectivity index (χ3v) is 2.41. The van der Waals surface area contributed by atoms with E-state index >= 15 is 0 Å². The molecular formula is C12H20N2O3. The first-order valence-electron chi connectivity index (χ1n) is 5.65. The molecule has 0 spiro atoms. The molecule has 17 heavy (non-hydrogen) atoms. The van der Waals surface area contributed by atoms with Gasteiger partial charge in [0.2, 0.25) is 5.91 Å². The normalized spacial score (nSPS) is 21.4. The van der Waals surface area contributed by atoms with Gasteiger partial charge in [-0.1, -0.05) is 0 Å². The number of carbonyl (C=O) groups excluding carboxylic acids is 2. The van der Waals surface area contributed by atoms with Gasteiger partial charge in [-0.25, -0.2) is 0 Å². The minimum atomic E-state index is -0.424. The number of hydrogen-bond acceptors (Lipinski definition) is 4. The lowest BCUT2D eigenvalue weighted by Gasteiger charge is -2.31. The Balaban J connectivity index is 2.55. The lowest BCUT2D eigenvalue weighted by Crippen LogP contribution is -2.51. The predicted octanol–water partition coefficient (Wildman–Crippen LogP) is 1.01. The summed E-state index contributed by atoms with van der Waals surface area (Å²) in [7, 11) is 1.49. The SMILES string of the molecule is C=C(NC1CCC(=O)N(C)C1=O)OC(C)(C)C. The van der Waals surface area contributed by atoms with Crippen LogP contribution in [0.3, 0.4) is 0 Å². The van der Waals surface area contributed by atoms with E-state index in [2.05, 4.69) is 11.9 Å². The number of ether oxygens (including phenoxy) is 1. The molecular weight excluding hydrogens is 220 g/mol. The van der Waals surface area contributed by atoms with Gasteiger partial charge in [0, 0.05) is 13.5 Å². The highest BCUT2D eigenvalue weighted by Gasteiger charge is 2.32. The van der Waals surface area contributed by atoms with Gasteiger partial charge >= 0.3 is 0 Å². The van der Waals surface area contributed by atoms with Crippen molar-refractivity contribution in [2.75, 3.05) is 7.05 Å². The number of likely N-dealkylation sites (N-methyl/N-ethyl adjacent to an activating group) is 1. The van der Waals surface area contributed by atoms with E-state index in [0.717, 1.165) is 4.90 Å². The lowest BCUT2D eigenvalue weighted by molar-refractivity contribution is -0.148. The number of imide groups is 1. The maximum absolute atomic E-state index is 11.8. The molecule has 5 nitrogen and oxygen atoms in total. The quantitative estimate of drug-likeness (QED) is 0.591. The van der Waals surface area contributed by atoms with E-state index in [9.17, 15) is 9.59 Å². The van der Waals surface area contributed by atoms with Gasteiger partial charge < -0.3 is 10.1 Å². The second-order valence-electron chi connectivity index (χ2n) is 5.16. The van der Waals surface area contributed by atoms with E-state index in [1.165, 1.54) is 7.05 Å². The standard InChI is InChI=1S/C12H20N2O3/c1-8(17-12(2,3)4)13-9-6-7-10(15)14(5)11(9)16/h9,13H,1,6-7H2,2-5H3. The first-order valence-corrected chi connectivity index (χ1v) is 5.65. The third kappa shape index (κ3) is 3.76. The Morgan fingerprint density at radius 3 is 2.59 bits per heavy atom. The van der Waals surface area contributed by atoms with Crippen molar-refractivity contribution in [1.29, 1.82) is 0 Å². The number of amides is 2. The van der Waals surface area contributed by atoms with Crippen LogP contribution in [0.4, 0.5) is 0 Å². The molecule has 2 amide bonds. The molecule has 0 bridgehead atoms. The minimum Gasteiger partial charge on any atom is -0.474 e. The zero-order valence-electron chi connectivity index (χ0n) is 10.9. The Labute approximate surface area is 102 Å². The first kappa shape index (κ1) is 13.5. The van der Waals surface area contributed by atoms with Crippen molar-refractivity contribution >= 4 is 11.8 Å². The number of likely N-dealkylation sites (tertiary alicyclic amines) is 1. The molecule has 5 heteroatoms.